The van der Waals surface area contributed by atoms with Gasteiger partial charge in [0, 0.05) is 49.5 Å². The van der Waals surface area contributed by atoms with Gasteiger partial charge < -0.3 is 20.1 Å². The quantitative estimate of drug-likeness (QED) is 0.687. The molecule has 1 aromatic heterocycles. The fourth-order valence-electron chi connectivity index (χ4n) is 2.28. The van der Waals surface area contributed by atoms with Crippen molar-refractivity contribution in [2.45, 2.75) is 6.61 Å². The molecule has 5 nitrogen and oxygen atoms in total. The summed E-state index contributed by atoms with van der Waals surface area (Å²) in [4.78, 5) is 12.9. The summed E-state index contributed by atoms with van der Waals surface area (Å²) in [7, 11) is 3.17. The van der Waals surface area contributed by atoms with Gasteiger partial charge in [-0.3, -0.25) is 4.79 Å². The highest BCUT2D eigenvalue weighted by atomic mass is 32.1. The Kier molecular flexibility index (Phi) is 6.91. The molecule has 1 amide bonds. The van der Waals surface area contributed by atoms with Gasteiger partial charge >= 0.3 is 0 Å². The van der Waals surface area contributed by atoms with Crippen LogP contribution in [0.3, 0.4) is 0 Å². The summed E-state index contributed by atoms with van der Waals surface area (Å²) >= 11 is 1.29. The van der Waals surface area contributed by atoms with E-state index in [1.807, 2.05) is 6.07 Å². The Balaban J connectivity index is 2.07. The normalized spacial score (nSPS) is 11.1. The van der Waals surface area contributed by atoms with Gasteiger partial charge in [-0.15, -0.1) is 11.3 Å². The van der Waals surface area contributed by atoms with Gasteiger partial charge in [0.05, 0.1) is 18.1 Å². The number of amides is 1. The minimum Gasteiger partial charge on any atom is -0.383 e. The molecule has 0 aliphatic heterocycles. The lowest BCUT2D eigenvalue weighted by molar-refractivity contribution is 0.0953. The molecular formula is C16H21FN2O3S. The lowest BCUT2D eigenvalue weighted by Crippen LogP contribution is -2.33. The summed E-state index contributed by atoms with van der Waals surface area (Å²) in [6.45, 7) is 2.70. The van der Waals surface area contributed by atoms with Crippen molar-refractivity contribution < 1.29 is 18.7 Å². The molecule has 23 heavy (non-hydrogen) atoms. The van der Waals surface area contributed by atoms with Crippen LogP contribution in [0.25, 0.3) is 10.1 Å². The van der Waals surface area contributed by atoms with Crippen molar-refractivity contribution in [2.75, 3.05) is 40.5 Å². The van der Waals surface area contributed by atoms with Crippen LogP contribution in [0.5, 0.6) is 0 Å². The number of rotatable bonds is 9. The van der Waals surface area contributed by atoms with Gasteiger partial charge in [0.2, 0.25) is 0 Å². The first-order valence-electron chi connectivity index (χ1n) is 7.35. The van der Waals surface area contributed by atoms with Gasteiger partial charge in [0.25, 0.3) is 5.91 Å². The number of methoxy groups -OCH3 is 2. The Hall–Kier alpha value is -1.54. The molecule has 2 N–H and O–H groups in total. The molecule has 126 valence electrons. The maximum Gasteiger partial charge on any atom is 0.261 e. The third kappa shape index (κ3) is 4.48. The lowest BCUT2D eigenvalue weighted by atomic mass is 10.1. The van der Waals surface area contributed by atoms with Crippen LogP contribution in [0.2, 0.25) is 0 Å². The van der Waals surface area contributed by atoms with Crippen molar-refractivity contribution in [1.82, 2.24) is 10.6 Å². The third-order valence-corrected chi connectivity index (χ3v) is 4.52. The van der Waals surface area contributed by atoms with E-state index in [0.717, 1.165) is 11.2 Å². The second-order valence-electron chi connectivity index (χ2n) is 4.95. The zero-order valence-corrected chi connectivity index (χ0v) is 14.1. The molecule has 0 radical (unpaired) electrons. The number of carbonyl (C=O) groups excluding carboxylic acids is 1. The number of fused-ring (bicyclic) bond motifs is 1. The maximum atomic E-state index is 14.1. The van der Waals surface area contributed by atoms with Crippen LogP contribution in [-0.2, 0) is 16.1 Å². The maximum absolute atomic E-state index is 14.1. The molecule has 2 rings (SSSR count). The molecule has 0 saturated heterocycles. The largest absolute Gasteiger partial charge is 0.383 e. The van der Waals surface area contributed by atoms with Gasteiger partial charge in [-0.05, 0) is 12.1 Å². The Morgan fingerprint density at radius 3 is 2.78 bits per heavy atom. The van der Waals surface area contributed by atoms with E-state index in [0.29, 0.717) is 35.5 Å². The Labute approximate surface area is 138 Å². The standard InChI is InChI=1S/C16H21FN2O3S/c1-21-9-8-18-6-7-19-16(20)15-11(10-22-2)14-12(17)4-3-5-13(14)23-15/h3-5,18H,6-10H2,1-2H3,(H,19,20). The van der Waals surface area contributed by atoms with Crippen LogP contribution >= 0.6 is 11.3 Å². The molecule has 1 heterocycles. The molecule has 0 aliphatic rings. The number of carbonyl (C=O) groups is 1. The molecule has 2 aromatic rings. The molecule has 0 fully saturated rings. The van der Waals surface area contributed by atoms with E-state index >= 15 is 0 Å². The minimum atomic E-state index is -0.328. The van der Waals surface area contributed by atoms with Gasteiger partial charge in [0.15, 0.2) is 0 Å². The lowest BCUT2D eigenvalue weighted by Gasteiger charge is -2.07. The molecule has 0 atom stereocenters. The fourth-order valence-corrected chi connectivity index (χ4v) is 3.42. The van der Waals surface area contributed by atoms with E-state index in [-0.39, 0.29) is 18.3 Å². The zero-order chi connectivity index (χ0) is 16.7. The second-order valence-corrected chi connectivity index (χ2v) is 6.01. The van der Waals surface area contributed by atoms with Crippen molar-refractivity contribution in [2.24, 2.45) is 0 Å². The van der Waals surface area contributed by atoms with Gasteiger partial charge in [0.1, 0.15) is 5.82 Å². The van der Waals surface area contributed by atoms with E-state index in [4.69, 9.17) is 9.47 Å². The van der Waals surface area contributed by atoms with Crippen LogP contribution in [-0.4, -0.2) is 46.4 Å². The highest BCUT2D eigenvalue weighted by molar-refractivity contribution is 7.21. The predicted octanol–water partition coefficient (Wildman–Crippen LogP) is 2.15. The van der Waals surface area contributed by atoms with Gasteiger partial charge in [-0.2, -0.15) is 0 Å². The zero-order valence-electron chi connectivity index (χ0n) is 13.3. The van der Waals surface area contributed by atoms with Crippen molar-refractivity contribution in [3.05, 3.63) is 34.5 Å². The summed E-state index contributed by atoms with van der Waals surface area (Å²) in [6, 6.07) is 4.85. The van der Waals surface area contributed by atoms with Crippen molar-refractivity contribution >= 4 is 27.3 Å². The summed E-state index contributed by atoms with van der Waals surface area (Å²) in [6.07, 6.45) is 0. The molecular weight excluding hydrogens is 319 g/mol. The minimum absolute atomic E-state index is 0.203. The van der Waals surface area contributed by atoms with Gasteiger partial charge in [-0.25, -0.2) is 4.39 Å². The number of halogens is 1. The topological polar surface area (TPSA) is 59.6 Å². The first-order valence-corrected chi connectivity index (χ1v) is 8.17. The number of thiophene rings is 1. The summed E-state index contributed by atoms with van der Waals surface area (Å²) in [5.74, 6) is -0.530. The van der Waals surface area contributed by atoms with Crippen molar-refractivity contribution in [3.63, 3.8) is 0 Å². The monoisotopic (exact) mass is 340 g/mol. The average molecular weight is 340 g/mol. The molecule has 0 saturated carbocycles. The summed E-state index contributed by atoms with van der Waals surface area (Å²) in [5, 5.41) is 6.47. The molecule has 1 aromatic carbocycles. The highest BCUT2D eigenvalue weighted by Crippen LogP contribution is 2.33. The van der Waals surface area contributed by atoms with E-state index in [1.165, 1.54) is 24.5 Å². The predicted molar refractivity (Wildman–Crippen MR) is 89.6 cm³/mol. The first kappa shape index (κ1) is 17.8. The van der Waals surface area contributed by atoms with Crippen LogP contribution in [0.4, 0.5) is 4.39 Å². The summed E-state index contributed by atoms with van der Waals surface area (Å²) in [5.41, 5.74) is 0.607. The van der Waals surface area contributed by atoms with E-state index in [2.05, 4.69) is 10.6 Å². The van der Waals surface area contributed by atoms with E-state index in [1.54, 1.807) is 13.2 Å². The Bertz CT molecular complexity index is 660. The first-order chi connectivity index (χ1) is 11.2. The molecule has 0 unspecified atom stereocenters. The number of ether oxygens (including phenoxy) is 2. The van der Waals surface area contributed by atoms with Crippen LogP contribution in [0.1, 0.15) is 15.2 Å². The van der Waals surface area contributed by atoms with E-state index < -0.39 is 0 Å². The number of hydrogen-bond acceptors (Lipinski definition) is 5. The summed E-state index contributed by atoms with van der Waals surface area (Å²) < 4.78 is 24.9. The van der Waals surface area contributed by atoms with E-state index in [9.17, 15) is 9.18 Å². The second kappa shape index (κ2) is 8.93. The number of nitrogens with one attached hydrogen (secondary N) is 2. The Morgan fingerprint density at radius 1 is 1.22 bits per heavy atom. The fraction of sp³-hybridized carbons (Fsp3) is 0.438. The molecule has 0 bridgehead atoms. The van der Waals surface area contributed by atoms with Crippen LogP contribution < -0.4 is 10.6 Å². The van der Waals surface area contributed by atoms with Crippen LogP contribution in [0.15, 0.2) is 18.2 Å². The smallest absolute Gasteiger partial charge is 0.261 e. The molecule has 0 aliphatic carbocycles. The molecule has 7 heteroatoms. The van der Waals surface area contributed by atoms with Gasteiger partial charge in [-0.1, -0.05) is 6.07 Å². The van der Waals surface area contributed by atoms with Crippen molar-refractivity contribution in [3.8, 4) is 0 Å². The highest BCUT2D eigenvalue weighted by Gasteiger charge is 2.20. The Morgan fingerprint density at radius 2 is 2.04 bits per heavy atom. The van der Waals surface area contributed by atoms with Crippen molar-refractivity contribution in [1.29, 1.82) is 0 Å². The van der Waals surface area contributed by atoms with Crippen LogP contribution in [0, 0.1) is 5.82 Å². The number of hydrogen-bond donors (Lipinski definition) is 2. The molecule has 0 spiro atoms. The SMILES string of the molecule is COCCNCCNC(=O)c1sc2cccc(F)c2c1COC. The third-order valence-electron chi connectivity index (χ3n) is 3.33. The average Bonchev–Trinajstić information content (AvgIpc) is 2.91. The number of benzene rings is 1.